The van der Waals surface area contributed by atoms with Gasteiger partial charge in [0.05, 0.1) is 95.4 Å². The van der Waals surface area contributed by atoms with Gasteiger partial charge in [-0.25, -0.2) is 15.0 Å². The summed E-state index contributed by atoms with van der Waals surface area (Å²) in [6.07, 6.45) is 3.85. The molecule has 97 heavy (non-hydrogen) atoms. The van der Waals surface area contributed by atoms with Crippen molar-refractivity contribution >= 4 is 174 Å². The highest BCUT2D eigenvalue weighted by molar-refractivity contribution is 6.39. The number of para-hydroxylation sites is 4. The zero-order valence-corrected chi connectivity index (χ0v) is 51.5. The van der Waals surface area contributed by atoms with Crippen LogP contribution in [0.3, 0.4) is 0 Å². The summed E-state index contributed by atoms with van der Waals surface area (Å²) in [6, 6.07) is 98.9. The second kappa shape index (κ2) is 18.4. The van der Waals surface area contributed by atoms with Gasteiger partial charge in [-0.15, -0.1) is 0 Å². The van der Waals surface area contributed by atoms with Gasteiger partial charge in [0.1, 0.15) is 5.82 Å². The van der Waals surface area contributed by atoms with Crippen LogP contribution >= 0.6 is 0 Å². The van der Waals surface area contributed by atoms with Crippen LogP contribution in [0.5, 0.6) is 0 Å². The molecule has 23 rings (SSSR count). The van der Waals surface area contributed by atoms with Crippen LogP contribution in [0, 0.1) is 11.3 Å². The van der Waals surface area contributed by atoms with E-state index in [9.17, 15) is 5.26 Å². The average molecular weight is 1230 g/mol. The molecule has 10 nitrogen and oxygen atoms in total. The largest absolute Gasteiger partial charge is 0.308 e. The first-order chi connectivity index (χ1) is 48.1. The van der Waals surface area contributed by atoms with Crippen LogP contribution in [0.1, 0.15) is 5.56 Å². The van der Waals surface area contributed by atoms with Crippen LogP contribution in [0.2, 0.25) is 0 Å². The summed E-state index contributed by atoms with van der Waals surface area (Å²) in [7, 11) is 0. The molecular formula is C87H46N10. The zero-order valence-electron chi connectivity index (χ0n) is 51.5. The van der Waals surface area contributed by atoms with Gasteiger partial charge >= 0.3 is 0 Å². The maximum atomic E-state index is 10.1. The smallest absolute Gasteiger partial charge is 0.237 e. The minimum Gasteiger partial charge on any atom is -0.308 e. The highest BCUT2D eigenvalue weighted by Crippen LogP contribution is 2.52. The lowest BCUT2D eigenvalue weighted by Gasteiger charge is -2.12. The van der Waals surface area contributed by atoms with Crippen molar-refractivity contribution in [2.75, 3.05) is 0 Å². The molecular weight excluding hydrogens is 1190 g/mol. The van der Waals surface area contributed by atoms with Crippen molar-refractivity contribution in [3.8, 4) is 45.9 Å². The molecule has 0 N–H and O–H groups in total. The molecule has 0 radical (unpaired) electrons. The van der Waals surface area contributed by atoms with E-state index < -0.39 is 0 Å². The minimum atomic E-state index is 0.506. The molecule has 0 fully saturated rings. The van der Waals surface area contributed by atoms with Crippen LogP contribution in [0.25, 0.3) is 214 Å². The van der Waals surface area contributed by atoms with E-state index in [0.29, 0.717) is 22.9 Å². The van der Waals surface area contributed by atoms with Crippen molar-refractivity contribution < 1.29 is 0 Å². The van der Waals surface area contributed by atoms with Crippen molar-refractivity contribution in [2.24, 2.45) is 0 Å². The fourth-order valence-corrected chi connectivity index (χ4v) is 17.4. The van der Waals surface area contributed by atoms with E-state index in [1.807, 2.05) is 36.4 Å². The first-order valence-electron chi connectivity index (χ1n) is 32.8. The molecule has 23 aromatic rings. The molecule has 0 unspecified atom stereocenters. The highest BCUT2D eigenvalue weighted by atomic mass is 15.2. The Kier molecular flexibility index (Phi) is 9.70. The third-order valence-corrected chi connectivity index (χ3v) is 21.2. The van der Waals surface area contributed by atoms with Gasteiger partial charge in [0.2, 0.25) is 5.95 Å². The van der Waals surface area contributed by atoms with Gasteiger partial charge in [0.25, 0.3) is 0 Å². The molecule has 0 amide bonds. The Hall–Kier alpha value is -13.5. The molecule has 0 spiro atoms. The molecule has 13 aromatic carbocycles. The predicted octanol–water partition coefficient (Wildman–Crippen LogP) is 21.5. The molecule has 10 aromatic heterocycles. The summed E-state index contributed by atoms with van der Waals surface area (Å²) in [6.45, 7) is 0. The summed E-state index contributed by atoms with van der Waals surface area (Å²) >= 11 is 0. The van der Waals surface area contributed by atoms with Crippen molar-refractivity contribution in [3.63, 3.8) is 0 Å². The number of pyridine rings is 2. The number of rotatable bonds is 5. The number of aromatic nitrogens is 9. The molecule has 0 bridgehead atoms. The molecule has 444 valence electrons. The lowest BCUT2D eigenvalue weighted by atomic mass is 9.96. The Morgan fingerprint density at radius 3 is 1.54 bits per heavy atom. The second-order valence-corrected chi connectivity index (χ2v) is 25.9. The number of benzene rings is 13. The third-order valence-electron chi connectivity index (χ3n) is 21.2. The summed E-state index contributed by atoms with van der Waals surface area (Å²) in [5.74, 6) is 1.36. The van der Waals surface area contributed by atoms with E-state index in [-0.39, 0.29) is 0 Å². The van der Waals surface area contributed by atoms with Crippen molar-refractivity contribution in [1.82, 2.24) is 42.4 Å². The molecule has 10 heterocycles. The fourth-order valence-electron chi connectivity index (χ4n) is 17.4. The lowest BCUT2D eigenvalue weighted by Crippen LogP contribution is -2.04. The Morgan fingerprint density at radius 2 is 0.856 bits per heavy atom. The first kappa shape index (κ1) is 51.1. The van der Waals surface area contributed by atoms with E-state index in [1.165, 1.54) is 97.3 Å². The molecule has 0 aliphatic heterocycles. The van der Waals surface area contributed by atoms with Crippen LogP contribution in [0.4, 0.5) is 0 Å². The van der Waals surface area contributed by atoms with Gasteiger partial charge in [-0.1, -0.05) is 164 Å². The molecule has 0 aliphatic rings. The van der Waals surface area contributed by atoms with Gasteiger partial charge in [0, 0.05) is 92.6 Å². The standard InChI is InChI=1S/C87H46N10/c88-46-48-16-13-19-52(42-48)81-61-27-15-41-89-86(61)92-87(91-81)97-69-30-11-7-24-59(69)65-45-66-62-43-51(35-37-71(62)95-74-39-34-50-18-2-4-21-55(50)78(74)80(83(66)95)85(65)97)56-26-14-32-72-76(56)60-25-8-12-31-70(60)93(72)53-36-40-75(90-47-53)96-68-29-10-6-23-58(68)64-44-63-57-22-5-9-28-67(57)94-73-38-33-49-17-1-3-20-54(49)77(73)79(82(63)94)84(64)96/h1-45,47H. The van der Waals surface area contributed by atoms with Crippen LogP contribution in [-0.4, -0.2) is 42.4 Å². The SMILES string of the molecule is N#Cc1cccc(-c2nc(-n3c4ccccc4c4cc5c6cc(-c7cccc8c7c7ccccc7n8-c7ccc(-n8c9ccccc9c9cc%10c%11ccccc%11n%11c%12ccc%13ccccc%13c%12c(c98)c%10%11)nc7)ccc6n6c7ccc8ccccc8c7c(c43)c56)nc3ncccc23)c1. The van der Waals surface area contributed by atoms with E-state index in [1.54, 1.807) is 6.20 Å². The van der Waals surface area contributed by atoms with Crippen molar-refractivity contribution in [1.29, 1.82) is 5.26 Å². The van der Waals surface area contributed by atoms with Gasteiger partial charge in [-0.3, -0.25) is 9.13 Å². The Balaban J connectivity index is 0.737. The van der Waals surface area contributed by atoms with E-state index in [4.69, 9.17) is 19.9 Å². The van der Waals surface area contributed by atoms with Gasteiger partial charge in [-0.2, -0.15) is 10.2 Å². The Morgan fingerprint density at radius 1 is 0.309 bits per heavy atom. The summed E-state index contributed by atoms with van der Waals surface area (Å²) in [5, 5.41) is 32.3. The average Bonchev–Trinajstić information content (AvgIpc) is 1.52. The van der Waals surface area contributed by atoms with Crippen molar-refractivity contribution in [2.45, 2.75) is 0 Å². The van der Waals surface area contributed by atoms with Crippen LogP contribution in [0.15, 0.2) is 279 Å². The van der Waals surface area contributed by atoms with Gasteiger partial charge in [0.15, 0.2) is 5.65 Å². The van der Waals surface area contributed by atoms with Gasteiger partial charge < -0.3 is 13.4 Å². The molecule has 0 aliphatic carbocycles. The van der Waals surface area contributed by atoms with Crippen LogP contribution in [-0.2, 0) is 0 Å². The zero-order chi connectivity index (χ0) is 63.0. The predicted molar refractivity (Wildman–Crippen MR) is 398 cm³/mol. The first-order valence-corrected chi connectivity index (χ1v) is 32.8. The topological polar surface area (TPSA) is 99.0 Å². The molecule has 0 atom stereocenters. The summed E-state index contributed by atoms with van der Waals surface area (Å²) in [5.41, 5.74) is 19.5. The molecule has 10 heteroatoms. The fraction of sp³-hybridized carbons (Fsp3) is 0. The normalized spacial score (nSPS) is 12.5. The van der Waals surface area contributed by atoms with E-state index in [0.717, 1.165) is 99.4 Å². The number of hydrogen-bond acceptors (Lipinski definition) is 5. The summed E-state index contributed by atoms with van der Waals surface area (Å²) in [4.78, 5) is 21.2. The number of hydrogen-bond donors (Lipinski definition) is 0. The quantitative estimate of drug-likeness (QED) is 0.171. The number of fused-ring (bicyclic) bond motifs is 28. The lowest BCUT2D eigenvalue weighted by molar-refractivity contribution is 1.01. The van der Waals surface area contributed by atoms with Crippen LogP contribution < -0.4 is 0 Å². The Labute approximate surface area is 549 Å². The van der Waals surface area contributed by atoms with E-state index in [2.05, 4.69) is 265 Å². The third kappa shape index (κ3) is 6.52. The van der Waals surface area contributed by atoms with E-state index >= 15 is 0 Å². The second-order valence-electron chi connectivity index (χ2n) is 25.9. The number of nitrogens with zero attached hydrogens (tertiary/aromatic N) is 10. The summed E-state index contributed by atoms with van der Waals surface area (Å²) < 4.78 is 12.1. The Bertz CT molecular complexity index is 7520. The maximum absolute atomic E-state index is 10.1. The molecule has 0 saturated heterocycles. The molecule has 0 saturated carbocycles. The minimum absolute atomic E-state index is 0.506. The van der Waals surface area contributed by atoms with Crippen molar-refractivity contribution in [3.05, 3.63) is 285 Å². The number of nitriles is 1. The highest BCUT2D eigenvalue weighted by Gasteiger charge is 2.30. The van der Waals surface area contributed by atoms with Gasteiger partial charge in [-0.05, 0) is 136 Å². The maximum Gasteiger partial charge on any atom is 0.237 e. The monoisotopic (exact) mass is 1230 g/mol.